The molecule has 10 nitrogen and oxygen atoms in total. The second-order valence-corrected chi connectivity index (χ2v) is 14.9. The van der Waals surface area contributed by atoms with E-state index in [1.165, 1.54) is 17.5 Å². The van der Waals surface area contributed by atoms with E-state index in [0.29, 0.717) is 4.47 Å². The predicted octanol–water partition coefficient (Wildman–Crippen LogP) is 5.38. The molecule has 2 heterocycles. The van der Waals surface area contributed by atoms with Crippen molar-refractivity contribution in [1.29, 1.82) is 0 Å². The summed E-state index contributed by atoms with van der Waals surface area (Å²) < 4.78 is 35.9. The molecule has 1 unspecified atom stereocenters. The van der Waals surface area contributed by atoms with Crippen LogP contribution in [0.1, 0.15) is 53.5 Å². The largest absolute Gasteiger partial charge is 0.514 e. The molecule has 2 aliphatic heterocycles. The highest BCUT2D eigenvalue weighted by Gasteiger charge is 2.62. The predicted molar refractivity (Wildman–Crippen MR) is 167 cm³/mol. The van der Waals surface area contributed by atoms with Gasteiger partial charge in [-0.2, -0.15) is 9.10 Å². The normalized spacial score (nSPS) is 22.0. The van der Waals surface area contributed by atoms with Gasteiger partial charge in [-0.05, 0) is 56.7 Å². The number of carbonyl (C=O) groups excluding carboxylic acids is 2. The lowest BCUT2D eigenvalue weighted by Gasteiger charge is -2.45. The number of methoxy groups -OCH3 is 1. The maximum absolute atomic E-state index is 14.5. The zero-order chi connectivity index (χ0) is 32.0. The van der Waals surface area contributed by atoms with Crippen LogP contribution in [-0.2, 0) is 16.6 Å². The van der Waals surface area contributed by atoms with Gasteiger partial charge in [0.1, 0.15) is 28.8 Å². The van der Waals surface area contributed by atoms with Crippen LogP contribution in [0.2, 0.25) is 0 Å². The minimum atomic E-state index is -4.26. The molecule has 0 saturated carbocycles. The summed E-state index contributed by atoms with van der Waals surface area (Å²) in [5.74, 6) is -0.820. The number of imide groups is 1. The zero-order valence-electron chi connectivity index (χ0n) is 24.9. The molecule has 1 N–H and O–H groups in total. The number of carbonyl (C=O) groups is 3. The van der Waals surface area contributed by atoms with Crippen LogP contribution in [-0.4, -0.2) is 82.9 Å². The van der Waals surface area contributed by atoms with Gasteiger partial charge in [0.15, 0.2) is 0 Å². The summed E-state index contributed by atoms with van der Waals surface area (Å²) in [5.41, 5.74) is 0.343. The summed E-state index contributed by atoms with van der Waals surface area (Å²) in [6.45, 7) is 5.08. The van der Waals surface area contributed by atoms with Crippen molar-refractivity contribution in [2.24, 2.45) is 0 Å². The molecule has 3 aromatic rings. The highest BCUT2D eigenvalue weighted by Crippen LogP contribution is 2.42. The summed E-state index contributed by atoms with van der Waals surface area (Å²) in [6.07, 6.45) is -1.06. The summed E-state index contributed by atoms with van der Waals surface area (Å²) >= 11 is 3.37. The molecule has 232 valence electrons. The molecule has 3 aromatic carbocycles. The van der Waals surface area contributed by atoms with Crippen LogP contribution in [0.4, 0.5) is 4.79 Å². The standard InChI is InChI=1S/C32H34BrN3O7S/c1-32(2,3)36(31(39)40)20-23(17-24(36)19-34-29(37)25-12-8-9-13-26(25)30(34)38)35(18-21-10-6-5-7-11-21)44(41,42)28-16-22(33)14-15-27(28)43-4/h5-16,23-24H,17-20H2,1-4H3/p+1/t23-,24-,36?/m1/s1. The fourth-order valence-electron chi connectivity index (χ4n) is 6.58. The highest BCUT2D eigenvalue weighted by atomic mass is 79.9. The fraction of sp³-hybridized carbons (Fsp3) is 0.344. The number of sulfonamides is 1. The Bertz CT molecular complexity index is 1690. The van der Waals surface area contributed by atoms with Crippen LogP contribution in [0.5, 0.6) is 5.75 Å². The van der Waals surface area contributed by atoms with E-state index in [4.69, 9.17) is 4.74 Å². The van der Waals surface area contributed by atoms with Gasteiger partial charge in [-0.1, -0.05) is 58.4 Å². The summed E-state index contributed by atoms with van der Waals surface area (Å²) in [5, 5.41) is 10.9. The Labute approximate surface area is 265 Å². The number of fused-ring (bicyclic) bond motifs is 1. The summed E-state index contributed by atoms with van der Waals surface area (Å²) in [4.78, 5) is 41.1. The third-order valence-electron chi connectivity index (χ3n) is 8.78. The van der Waals surface area contributed by atoms with E-state index in [9.17, 15) is 27.9 Å². The first-order valence-corrected chi connectivity index (χ1v) is 16.4. The van der Waals surface area contributed by atoms with Gasteiger partial charge in [-0.15, -0.1) is 0 Å². The highest BCUT2D eigenvalue weighted by molar-refractivity contribution is 9.10. The Morgan fingerprint density at radius 3 is 2.16 bits per heavy atom. The van der Waals surface area contributed by atoms with Crippen molar-refractivity contribution in [3.8, 4) is 5.75 Å². The molecule has 3 atom stereocenters. The SMILES string of the molecule is COc1ccc(Br)cc1S(=O)(=O)N(Cc1ccccc1)[C@@H]1C[C@H](CN2C(=O)c3ccccc3C2=O)[N+](C(=O)O)(C(C)(C)C)C1. The van der Waals surface area contributed by atoms with E-state index in [1.807, 2.05) is 30.3 Å². The van der Waals surface area contributed by atoms with Gasteiger partial charge in [0.25, 0.3) is 11.8 Å². The number of halogens is 1. The smallest absolute Gasteiger partial charge is 0.495 e. The molecule has 3 amide bonds. The molecule has 2 aliphatic rings. The summed E-state index contributed by atoms with van der Waals surface area (Å²) in [7, 11) is -2.87. The van der Waals surface area contributed by atoms with Crippen molar-refractivity contribution >= 4 is 43.9 Å². The van der Waals surface area contributed by atoms with Gasteiger partial charge in [-0.3, -0.25) is 14.5 Å². The van der Waals surface area contributed by atoms with Crippen LogP contribution >= 0.6 is 15.9 Å². The molecule has 12 heteroatoms. The Morgan fingerprint density at radius 1 is 1.02 bits per heavy atom. The van der Waals surface area contributed by atoms with Gasteiger partial charge in [0.2, 0.25) is 10.0 Å². The van der Waals surface area contributed by atoms with Crippen LogP contribution in [0.25, 0.3) is 0 Å². The molecule has 0 aromatic heterocycles. The van der Waals surface area contributed by atoms with E-state index >= 15 is 0 Å². The molecule has 0 spiro atoms. The first kappa shape index (κ1) is 31.8. The number of ether oxygens (including phenoxy) is 1. The Balaban J connectivity index is 1.61. The number of rotatable bonds is 8. The number of hydrogen-bond donors (Lipinski definition) is 1. The lowest BCUT2D eigenvalue weighted by atomic mass is 9.99. The quantitative estimate of drug-likeness (QED) is 0.250. The Hall–Kier alpha value is -3.58. The Kier molecular flexibility index (Phi) is 8.49. The number of amides is 3. The van der Waals surface area contributed by atoms with Crippen molar-refractivity contribution in [1.82, 2.24) is 9.21 Å². The number of likely N-dealkylation sites (tertiary alicyclic amines) is 1. The molecule has 5 rings (SSSR count). The third kappa shape index (κ3) is 5.33. The average Bonchev–Trinajstić information content (AvgIpc) is 3.49. The first-order chi connectivity index (χ1) is 20.7. The molecule has 1 fully saturated rings. The number of hydrogen-bond acceptors (Lipinski definition) is 6. The minimum absolute atomic E-state index is 0.0208. The van der Waals surface area contributed by atoms with Crippen molar-refractivity contribution in [2.45, 2.75) is 56.3 Å². The van der Waals surface area contributed by atoms with E-state index in [2.05, 4.69) is 15.9 Å². The lowest BCUT2D eigenvalue weighted by molar-refractivity contribution is -0.914. The first-order valence-electron chi connectivity index (χ1n) is 14.2. The van der Waals surface area contributed by atoms with Gasteiger partial charge in [0.05, 0.1) is 30.8 Å². The number of carboxylic acid groups (broad SMARTS) is 1. The molecular formula is C32H35BrN3O7S+. The zero-order valence-corrected chi connectivity index (χ0v) is 27.3. The molecule has 44 heavy (non-hydrogen) atoms. The van der Waals surface area contributed by atoms with Gasteiger partial charge in [0, 0.05) is 17.4 Å². The van der Waals surface area contributed by atoms with E-state index in [1.54, 1.807) is 57.2 Å². The second-order valence-electron chi connectivity index (χ2n) is 12.1. The number of quaternary nitrogens is 1. The average molecular weight is 686 g/mol. The number of nitrogens with zero attached hydrogens (tertiary/aromatic N) is 3. The van der Waals surface area contributed by atoms with Crippen LogP contribution in [0, 0.1) is 0 Å². The van der Waals surface area contributed by atoms with Gasteiger partial charge in [-0.25, -0.2) is 12.9 Å². The van der Waals surface area contributed by atoms with E-state index < -0.39 is 50.0 Å². The van der Waals surface area contributed by atoms with Crippen molar-refractivity contribution < 1.29 is 37.1 Å². The van der Waals surface area contributed by atoms with Crippen LogP contribution < -0.4 is 4.74 Å². The third-order valence-corrected chi connectivity index (χ3v) is 11.2. The Morgan fingerprint density at radius 2 is 1.61 bits per heavy atom. The van der Waals surface area contributed by atoms with E-state index in [0.717, 1.165) is 10.5 Å². The van der Waals surface area contributed by atoms with E-state index in [-0.39, 0.29) is 47.8 Å². The second kappa shape index (κ2) is 11.7. The molecule has 0 radical (unpaired) electrons. The molecule has 0 aliphatic carbocycles. The summed E-state index contributed by atoms with van der Waals surface area (Å²) in [6, 6.07) is 18.7. The molecule has 0 bridgehead atoms. The van der Waals surface area contributed by atoms with Crippen molar-refractivity contribution in [3.05, 3.63) is 94.0 Å². The minimum Gasteiger partial charge on any atom is -0.495 e. The molecular weight excluding hydrogens is 650 g/mol. The number of benzene rings is 3. The molecule has 1 saturated heterocycles. The van der Waals surface area contributed by atoms with Gasteiger partial charge < -0.3 is 9.84 Å². The maximum atomic E-state index is 14.5. The lowest BCUT2D eigenvalue weighted by Crippen LogP contribution is -2.68. The fourth-order valence-corrected chi connectivity index (χ4v) is 8.89. The monoisotopic (exact) mass is 684 g/mol. The maximum Gasteiger partial charge on any atom is 0.514 e. The van der Waals surface area contributed by atoms with Crippen molar-refractivity contribution in [2.75, 3.05) is 20.2 Å². The topological polar surface area (TPSA) is 121 Å². The van der Waals surface area contributed by atoms with Crippen molar-refractivity contribution in [3.63, 3.8) is 0 Å². The van der Waals surface area contributed by atoms with Crippen LogP contribution in [0.15, 0.2) is 82.2 Å². The van der Waals surface area contributed by atoms with Crippen LogP contribution in [0.3, 0.4) is 0 Å². The van der Waals surface area contributed by atoms with Gasteiger partial charge >= 0.3 is 6.09 Å².